The van der Waals surface area contributed by atoms with E-state index in [1.54, 1.807) is 7.05 Å². The van der Waals surface area contributed by atoms with Crippen molar-refractivity contribution in [3.8, 4) is 0 Å². The van der Waals surface area contributed by atoms with Gasteiger partial charge in [0.2, 0.25) is 0 Å². The second-order valence-electron chi connectivity index (χ2n) is 7.90. The number of guanidine groups is 1. The van der Waals surface area contributed by atoms with Crippen LogP contribution in [0.2, 0.25) is 0 Å². The summed E-state index contributed by atoms with van der Waals surface area (Å²) in [5.41, 5.74) is 2.14. The summed E-state index contributed by atoms with van der Waals surface area (Å²) in [4.78, 5) is 6.57. The van der Waals surface area contributed by atoms with Crippen LogP contribution in [0.3, 0.4) is 0 Å². The molecule has 6 nitrogen and oxygen atoms in total. The van der Waals surface area contributed by atoms with Gasteiger partial charge in [0.25, 0.3) is 0 Å². The molecule has 0 heterocycles. The van der Waals surface area contributed by atoms with E-state index in [0.717, 1.165) is 25.1 Å². The molecule has 178 valence electrons. The van der Waals surface area contributed by atoms with Crippen LogP contribution in [0.5, 0.6) is 0 Å². The molecule has 32 heavy (non-hydrogen) atoms. The third-order valence-corrected chi connectivity index (χ3v) is 6.94. The summed E-state index contributed by atoms with van der Waals surface area (Å²) in [6.45, 7) is 4.51. The molecule has 0 spiro atoms. The monoisotopic (exact) mass is 572 g/mol. The molecule has 0 amide bonds. The summed E-state index contributed by atoms with van der Waals surface area (Å²) in [7, 11) is 0.759. The van der Waals surface area contributed by atoms with Gasteiger partial charge in [0.1, 0.15) is 0 Å². The molecule has 0 aromatic heterocycles. The zero-order valence-electron chi connectivity index (χ0n) is 19.3. The van der Waals surface area contributed by atoms with Gasteiger partial charge in [-0.05, 0) is 37.9 Å². The topological polar surface area (TPSA) is 73.8 Å². The number of nitrogens with one attached hydrogen (secondary N) is 2. The summed E-state index contributed by atoms with van der Waals surface area (Å²) in [5, 5.41) is 6.53. The molecule has 0 aliphatic heterocycles. The maximum absolute atomic E-state index is 12.3. The molecule has 0 aliphatic rings. The van der Waals surface area contributed by atoms with Gasteiger partial charge in [0.15, 0.2) is 15.8 Å². The molecule has 2 aromatic carbocycles. The van der Waals surface area contributed by atoms with Gasteiger partial charge in [-0.25, -0.2) is 8.42 Å². The van der Waals surface area contributed by atoms with Crippen LogP contribution in [0, 0.1) is 0 Å². The van der Waals surface area contributed by atoms with E-state index in [1.165, 1.54) is 5.56 Å². The van der Waals surface area contributed by atoms with E-state index in [1.807, 2.05) is 36.4 Å². The standard InChI is InChI=1S/C24H36N4O2S.HI/c1-21(28(3)19-22-11-6-4-7-12-22)15-17-27-24(25-2)26-16-10-18-31(29,30)20-23-13-8-5-9-14-23;/h4-9,11-14,21H,10,15-20H2,1-3H3,(H2,25,26,27);1H. The lowest BCUT2D eigenvalue weighted by atomic mass is 10.1. The van der Waals surface area contributed by atoms with Crippen molar-refractivity contribution in [3.63, 3.8) is 0 Å². The van der Waals surface area contributed by atoms with E-state index >= 15 is 0 Å². The Morgan fingerprint density at radius 3 is 2.12 bits per heavy atom. The maximum atomic E-state index is 12.3. The average Bonchev–Trinajstić information content (AvgIpc) is 2.76. The van der Waals surface area contributed by atoms with E-state index in [4.69, 9.17) is 0 Å². The number of nitrogens with zero attached hydrogens (tertiary/aromatic N) is 2. The molecule has 2 N–H and O–H groups in total. The lowest BCUT2D eigenvalue weighted by molar-refractivity contribution is 0.238. The fourth-order valence-electron chi connectivity index (χ4n) is 3.27. The van der Waals surface area contributed by atoms with Crippen LogP contribution in [-0.2, 0) is 22.1 Å². The minimum Gasteiger partial charge on any atom is -0.356 e. The second-order valence-corrected chi connectivity index (χ2v) is 10.1. The van der Waals surface area contributed by atoms with Crippen LogP contribution in [0.4, 0.5) is 0 Å². The van der Waals surface area contributed by atoms with Crippen LogP contribution in [-0.4, -0.2) is 58.3 Å². The molecular weight excluding hydrogens is 535 g/mol. The van der Waals surface area contributed by atoms with Crippen LogP contribution in [0.25, 0.3) is 0 Å². The lowest BCUT2D eigenvalue weighted by Crippen LogP contribution is -2.40. The fraction of sp³-hybridized carbons (Fsp3) is 0.458. The molecule has 1 atom stereocenters. The highest BCUT2D eigenvalue weighted by atomic mass is 127. The minimum atomic E-state index is -3.11. The Kier molecular flexibility index (Phi) is 13.5. The summed E-state index contributed by atoms with van der Waals surface area (Å²) in [6.07, 6.45) is 1.53. The van der Waals surface area contributed by atoms with E-state index < -0.39 is 9.84 Å². The Balaban J connectivity index is 0.00000512. The van der Waals surface area contributed by atoms with Crippen molar-refractivity contribution < 1.29 is 8.42 Å². The Labute approximate surface area is 210 Å². The summed E-state index contributed by atoms with van der Waals surface area (Å²) >= 11 is 0. The Morgan fingerprint density at radius 2 is 1.53 bits per heavy atom. The van der Waals surface area contributed by atoms with E-state index in [-0.39, 0.29) is 35.5 Å². The molecule has 0 fully saturated rings. The number of sulfone groups is 1. The Morgan fingerprint density at radius 1 is 0.969 bits per heavy atom. The summed E-state index contributed by atoms with van der Waals surface area (Å²) in [6, 6.07) is 20.2. The number of rotatable bonds is 12. The fourth-order valence-corrected chi connectivity index (χ4v) is 4.70. The lowest BCUT2D eigenvalue weighted by Gasteiger charge is -2.25. The molecule has 0 aliphatic carbocycles. The molecular formula is C24H37IN4O2S. The van der Waals surface area contributed by atoms with Crippen molar-refractivity contribution in [1.29, 1.82) is 0 Å². The summed E-state index contributed by atoms with van der Waals surface area (Å²) in [5.74, 6) is 0.959. The largest absolute Gasteiger partial charge is 0.356 e. The molecule has 0 saturated heterocycles. The number of hydrogen-bond acceptors (Lipinski definition) is 4. The quantitative estimate of drug-likeness (QED) is 0.176. The van der Waals surface area contributed by atoms with Crippen LogP contribution < -0.4 is 10.6 Å². The number of halogens is 1. The molecule has 1 unspecified atom stereocenters. The zero-order valence-corrected chi connectivity index (χ0v) is 22.5. The highest BCUT2D eigenvalue weighted by molar-refractivity contribution is 14.0. The molecule has 8 heteroatoms. The van der Waals surface area contributed by atoms with Crippen molar-refractivity contribution >= 4 is 39.8 Å². The van der Waals surface area contributed by atoms with Gasteiger partial charge in [-0.1, -0.05) is 60.7 Å². The van der Waals surface area contributed by atoms with Crippen molar-refractivity contribution in [3.05, 3.63) is 71.8 Å². The SMILES string of the molecule is CN=C(NCCCS(=O)(=O)Cc1ccccc1)NCCC(C)N(C)Cc1ccccc1.I. The molecule has 2 aromatic rings. The van der Waals surface area contributed by atoms with Crippen molar-refractivity contribution in [2.75, 3.05) is 32.9 Å². The van der Waals surface area contributed by atoms with Gasteiger partial charge < -0.3 is 10.6 Å². The van der Waals surface area contributed by atoms with Crippen molar-refractivity contribution in [2.24, 2.45) is 4.99 Å². The predicted octanol–water partition coefficient (Wildman–Crippen LogP) is 3.69. The van der Waals surface area contributed by atoms with Gasteiger partial charge >= 0.3 is 0 Å². The van der Waals surface area contributed by atoms with Crippen LogP contribution >= 0.6 is 24.0 Å². The molecule has 0 bridgehead atoms. The van der Waals surface area contributed by atoms with Gasteiger partial charge in [-0.2, -0.15) is 0 Å². The average molecular weight is 573 g/mol. The Bertz CT molecular complexity index is 893. The highest BCUT2D eigenvalue weighted by Crippen LogP contribution is 2.08. The van der Waals surface area contributed by atoms with E-state index in [9.17, 15) is 8.42 Å². The third-order valence-electron chi connectivity index (χ3n) is 5.26. The van der Waals surface area contributed by atoms with E-state index in [0.29, 0.717) is 25.0 Å². The number of hydrogen-bond donors (Lipinski definition) is 2. The van der Waals surface area contributed by atoms with Crippen molar-refractivity contribution in [1.82, 2.24) is 15.5 Å². The van der Waals surface area contributed by atoms with Gasteiger partial charge in [-0.15, -0.1) is 24.0 Å². The third kappa shape index (κ3) is 11.3. The molecule has 0 radical (unpaired) electrons. The number of benzene rings is 2. The zero-order chi connectivity index (χ0) is 22.5. The van der Waals surface area contributed by atoms with Gasteiger partial charge in [0, 0.05) is 32.7 Å². The predicted molar refractivity (Wildman–Crippen MR) is 145 cm³/mol. The number of aliphatic imine (C=N–C) groups is 1. The van der Waals surface area contributed by atoms with Crippen molar-refractivity contribution in [2.45, 2.75) is 38.1 Å². The minimum absolute atomic E-state index is 0. The Hall–Kier alpha value is -1.65. The molecule has 2 rings (SSSR count). The van der Waals surface area contributed by atoms with Crippen LogP contribution in [0.1, 0.15) is 30.9 Å². The second kappa shape index (κ2) is 15.2. The first kappa shape index (κ1) is 28.4. The van der Waals surface area contributed by atoms with E-state index in [2.05, 4.69) is 58.8 Å². The highest BCUT2D eigenvalue weighted by Gasteiger charge is 2.12. The normalized spacial score (nSPS) is 12.8. The summed E-state index contributed by atoms with van der Waals surface area (Å²) < 4.78 is 24.6. The molecule has 0 saturated carbocycles. The van der Waals surface area contributed by atoms with Crippen LogP contribution in [0.15, 0.2) is 65.7 Å². The first-order valence-corrected chi connectivity index (χ1v) is 12.6. The maximum Gasteiger partial charge on any atom is 0.190 e. The van der Waals surface area contributed by atoms with Gasteiger partial charge in [-0.3, -0.25) is 9.89 Å². The van der Waals surface area contributed by atoms with Gasteiger partial charge in [0.05, 0.1) is 11.5 Å². The first-order chi connectivity index (χ1) is 14.9. The first-order valence-electron chi connectivity index (χ1n) is 10.8. The smallest absolute Gasteiger partial charge is 0.190 e.